The van der Waals surface area contributed by atoms with E-state index in [1.165, 1.54) is 71.0 Å². The number of fused-ring (bicyclic) bond motifs is 4. The molecular formula is C84H91BrFN7O23S4. The Morgan fingerprint density at radius 1 is 0.417 bits per heavy atom. The normalized spacial score (nSPS) is 12.7. The molecule has 0 aliphatic heterocycles. The number of oxazole rings is 1. The molecule has 0 saturated carbocycles. The van der Waals surface area contributed by atoms with Crippen molar-refractivity contribution in [3.8, 4) is 46.0 Å². The molecule has 120 heavy (non-hydrogen) atoms. The maximum Gasteiger partial charge on any atom is 0.420 e. The van der Waals surface area contributed by atoms with Crippen LogP contribution in [-0.4, -0.2) is 181 Å². The summed E-state index contributed by atoms with van der Waals surface area (Å²) in [5, 5.41) is 9.19. The number of carboxylic acid groups (broad SMARTS) is 1. The van der Waals surface area contributed by atoms with Gasteiger partial charge in [-0.15, -0.1) is 0 Å². The molecule has 0 fully saturated rings. The van der Waals surface area contributed by atoms with Crippen molar-refractivity contribution in [2.45, 2.75) is 58.3 Å². The van der Waals surface area contributed by atoms with Crippen LogP contribution in [0.1, 0.15) is 95.6 Å². The molecule has 4 heterocycles. The van der Waals surface area contributed by atoms with E-state index in [0.29, 0.717) is 144 Å². The summed E-state index contributed by atoms with van der Waals surface area (Å²) in [6.07, 6.45) is 4.80. The number of carboxylic acids is 1. The zero-order valence-corrected chi connectivity index (χ0v) is 72.4. The molecule has 9 aromatic carbocycles. The quantitative estimate of drug-likeness (QED) is 0.0313. The number of nitrogens with one attached hydrogen (secondary N) is 3. The number of hydrogen-bond acceptors (Lipinski definition) is 22. The van der Waals surface area contributed by atoms with Crippen LogP contribution in [0.5, 0.6) is 46.0 Å². The Balaban J connectivity index is 0.000000169. The smallest absolute Gasteiger partial charge is 0.420 e. The van der Waals surface area contributed by atoms with Crippen LogP contribution < -0.4 is 60.7 Å². The van der Waals surface area contributed by atoms with Crippen LogP contribution in [-0.2, 0) is 45.8 Å². The van der Waals surface area contributed by atoms with Gasteiger partial charge in [0.25, 0.3) is 0 Å². The molecule has 0 aliphatic rings. The Hall–Kier alpha value is -11.9. The van der Waals surface area contributed by atoms with Crippen molar-refractivity contribution in [1.29, 1.82) is 0 Å². The van der Waals surface area contributed by atoms with Gasteiger partial charge in [0.2, 0.25) is 0 Å². The van der Waals surface area contributed by atoms with Crippen LogP contribution >= 0.6 is 15.9 Å². The molecule has 0 saturated heterocycles. The minimum absolute atomic E-state index is 0.0126. The van der Waals surface area contributed by atoms with Crippen LogP contribution in [0.3, 0.4) is 0 Å². The van der Waals surface area contributed by atoms with Gasteiger partial charge >= 0.3 is 28.8 Å². The van der Waals surface area contributed by atoms with Gasteiger partial charge < -0.3 is 62.4 Å². The third kappa shape index (κ3) is 22.2. The lowest BCUT2D eigenvalue weighted by atomic mass is 10.0. The van der Waals surface area contributed by atoms with Gasteiger partial charge in [0.15, 0.2) is 51.6 Å². The topological polar surface area (TPSA) is 396 Å². The summed E-state index contributed by atoms with van der Waals surface area (Å²) in [6, 6.07) is 45.6. The summed E-state index contributed by atoms with van der Waals surface area (Å²) in [6.45, 7) is 8.95. The van der Waals surface area contributed by atoms with Crippen molar-refractivity contribution >= 4 is 105 Å². The number of nitrogens with zero attached hydrogens (tertiary/aromatic N) is 4. The Kier molecular flexibility index (Phi) is 29.3. The number of H-pyrrole nitrogens is 3. The van der Waals surface area contributed by atoms with E-state index in [2.05, 4.69) is 30.9 Å². The summed E-state index contributed by atoms with van der Waals surface area (Å²) >= 11 is 3.34. The van der Waals surface area contributed by atoms with Crippen LogP contribution in [0.2, 0.25) is 0 Å². The minimum Gasteiger partial charge on any atom is -0.493 e. The molecular weight excluding hydrogens is 1700 g/mol. The molecule has 0 radical (unpaired) electrons. The Bertz CT molecular complexity index is 6650. The molecule has 36 heteroatoms. The number of halogens is 2. The number of methoxy groups -OCH3 is 4. The molecule has 0 bridgehead atoms. The number of rotatable bonds is 31. The van der Waals surface area contributed by atoms with Crippen LogP contribution in [0.4, 0.5) is 4.39 Å². The van der Waals surface area contributed by atoms with Gasteiger partial charge in [-0.25, -0.2) is 62.0 Å². The largest absolute Gasteiger partial charge is 0.493 e. The molecule has 13 aromatic rings. The molecule has 4 atom stereocenters. The highest BCUT2D eigenvalue weighted by Crippen LogP contribution is 2.39. The van der Waals surface area contributed by atoms with Gasteiger partial charge in [0.1, 0.15) is 45.2 Å². The lowest BCUT2D eigenvalue weighted by molar-refractivity contribution is 0.0696. The lowest BCUT2D eigenvalue weighted by Crippen LogP contribution is -2.28. The predicted octanol–water partition coefficient (Wildman–Crippen LogP) is 11.9. The fraction of sp³-hybridized carbons (Fsp3) is 0.298. The summed E-state index contributed by atoms with van der Waals surface area (Å²) < 4.78 is 167. The van der Waals surface area contributed by atoms with Gasteiger partial charge in [-0.05, 0) is 170 Å². The first-order valence-electron chi connectivity index (χ1n) is 37.3. The number of aromatic carboxylic acids is 1. The van der Waals surface area contributed by atoms with E-state index in [9.17, 15) is 67.1 Å². The van der Waals surface area contributed by atoms with Crippen LogP contribution in [0.15, 0.2) is 204 Å². The SMILES string of the molecule is CCOc1cc([C@H](CS(C)(=O)=O)n2c(=O)[nH]c3c(Cc4ccccc4F)cccc32)ccc1OC.CCOc1cc([C@H](CS(C)(=O)=O)n2c(=O)[nH]c3cc(C(=O)O)ccc32)ccc1OC.CCOc1cc([C@H](CS(C)(=O)=O)n2c(=O)[nH]c3ccccc32)ccc1OC.CCOc1cc([C@H](CS(C)(=O)=O)n2c(=O)oc3cc(Br)ccc32)ccc1OC. The van der Waals surface area contributed by atoms with Crippen molar-refractivity contribution in [2.75, 3.05) is 103 Å². The number of hydrogen-bond donors (Lipinski definition) is 4. The molecule has 0 unspecified atom stereocenters. The number of imidazole rings is 3. The Morgan fingerprint density at radius 3 is 1.20 bits per heavy atom. The molecule has 4 aromatic heterocycles. The third-order valence-corrected chi connectivity index (χ3v) is 23.1. The summed E-state index contributed by atoms with van der Waals surface area (Å²) in [4.78, 5) is 70.7. The number of ether oxygens (including phenoxy) is 8. The number of aromatic amines is 3. The second-order valence-electron chi connectivity index (χ2n) is 27.7. The van der Waals surface area contributed by atoms with E-state index in [-0.39, 0.29) is 46.5 Å². The Morgan fingerprint density at radius 2 is 0.783 bits per heavy atom. The number of para-hydroxylation sites is 3. The molecule has 30 nitrogen and oxygen atoms in total. The van der Waals surface area contributed by atoms with Gasteiger partial charge in [-0.2, -0.15) is 0 Å². The molecule has 0 aliphatic carbocycles. The zero-order chi connectivity index (χ0) is 87.3. The van der Waals surface area contributed by atoms with Gasteiger partial charge in [0, 0.05) is 35.9 Å². The highest BCUT2D eigenvalue weighted by atomic mass is 79.9. The fourth-order valence-corrected chi connectivity index (χ4v) is 17.9. The molecule has 13 rings (SSSR count). The van der Waals surface area contributed by atoms with Crippen molar-refractivity contribution in [1.82, 2.24) is 33.2 Å². The predicted molar refractivity (Wildman–Crippen MR) is 460 cm³/mol. The fourth-order valence-electron chi connectivity index (χ4n) is 13.9. The second kappa shape index (κ2) is 38.9. The van der Waals surface area contributed by atoms with Crippen LogP contribution in [0, 0.1) is 5.82 Å². The summed E-state index contributed by atoms with van der Waals surface area (Å²) in [7, 11) is -7.67. The maximum absolute atomic E-state index is 14.3. The number of aromatic nitrogens is 7. The second-order valence-corrected chi connectivity index (χ2v) is 37.3. The van der Waals surface area contributed by atoms with E-state index in [1.54, 1.807) is 133 Å². The standard InChI is InChI=1S/C26H27FN2O5S.C20H22N2O7S.C19H20BrNO6S.C19H22N2O5S/c1-4-34-24-15-18(12-13-23(24)33-2)22(16-35(3,31)32)29-21-11-7-9-19(25(21)28-26(29)30)14-17-8-5-6-10-20(17)27;1-4-29-18-10-12(6-8-17(18)28-2)16(11-30(3,26)27)22-15-7-5-13(19(23)24)9-14(15)21-20(22)25;1-4-26-18-9-12(5-8-16(18)25-2)15(11-28(3,23)24)21-14-7-6-13(20)10-17(14)27-19(21)22;1-4-26-18-11-13(9-10-17(18)25-2)16(12-27(3,23)24)21-15-8-6-5-7-14(15)20-19(21)22/h5-13,15,22H,4,14,16H2,1-3H3,(H,28,30);5-10,16H,4,11H2,1-3H3,(H,21,25)(H,23,24);5-10,15H,4,11H2,1-3H3;5-11,16H,4,12H2,1-3H3,(H,20,22)/t22-;16-;15-;16-/m0000/s1. The Labute approximate surface area is 698 Å². The van der Waals surface area contributed by atoms with Gasteiger partial charge in [-0.1, -0.05) is 82.7 Å². The van der Waals surface area contributed by atoms with Gasteiger partial charge in [0.05, 0.1) is 146 Å². The van der Waals surface area contributed by atoms with E-state index in [4.69, 9.17) is 42.3 Å². The first-order valence-corrected chi connectivity index (χ1v) is 46.3. The maximum atomic E-state index is 14.3. The van der Waals surface area contributed by atoms with E-state index in [1.807, 2.05) is 45.9 Å². The minimum atomic E-state index is -3.49. The molecule has 638 valence electrons. The van der Waals surface area contributed by atoms with Crippen molar-refractivity contribution in [2.24, 2.45) is 0 Å². The average Bonchev–Trinajstić information content (AvgIpc) is 1.64. The first kappa shape index (κ1) is 90.5. The van der Waals surface area contributed by atoms with E-state index in [0.717, 1.165) is 35.1 Å². The monoisotopic (exact) mass is 1790 g/mol. The van der Waals surface area contributed by atoms with E-state index < -0.39 is 86.6 Å². The highest BCUT2D eigenvalue weighted by Gasteiger charge is 2.31. The van der Waals surface area contributed by atoms with Crippen molar-refractivity contribution in [3.05, 3.63) is 267 Å². The number of sulfone groups is 4. The van der Waals surface area contributed by atoms with E-state index >= 15 is 0 Å². The molecule has 4 N–H and O–H groups in total. The number of benzene rings is 9. The van der Waals surface area contributed by atoms with Gasteiger partial charge in [-0.3, -0.25) is 18.3 Å². The molecule has 0 amide bonds. The van der Waals surface area contributed by atoms with Crippen molar-refractivity contribution < 1.29 is 90.3 Å². The number of carbonyl (C=O) groups is 1. The first-order chi connectivity index (χ1) is 56.9. The zero-order valence-electron chi connectivity index (χ0n) is 67.5. The average molecular weight is 1790 g/mol. The lowest BCUT2D eigenvalue weighted by Gasteiger charge is -2.20. The highest BCUT2D eigenvalue weighted by molar-refractivity contribution is 9.10. The third-order valence-electron chi connectivity index (χ3n) is 18.9. The van der Waals surface area contributed by atoms with Crippen LogP contribution in [0.25, 0.3) is 44.2 Å². The molecule has 0 spiro atoms. The van der Waals surface area contributed by atoms with Crippen molar-refractivity contribution in [3.63, 3.8) is 0 Å². The summed E-state index contributed by atoms with van der Waals surface area (Å²) in [5.41, 5.74) is 6.20. The summed E-state index contributed by atoms with van der Waals surface area (Å²) in [5.74, 6) is 0.721.